The summed E-state index contributed by atoms with van der Waals surface area (Å²) in [6, 6.07) is 40.1. The summed E-state index contributed by atoms with van der Waals surface area (Å²) in [6.07, 6.45) is 20.2. The maximum absolute atomic E-state index is 5.22. The lowest BCUT2D eigenvalue weighted by Crippen LogP contribution is -2.25. The van der Waals surface area contributed by atoms with Gasteiger partial charge in [0.1, 0.15) is 0 Å². The molecule has 4 aromatic carbocycles. The van der Waals surface area contributed by atoms with E-state index in [9.17, 15) is 0 Å². The smallest absolute Gasteiger partial charge is 0.0900 e. The van der Waals surface area contributed by atoms with Crippen molar-refractivity contribution in [3.8, 4) is 44.9 Å². The molecule has 2 nitrogen and oxygen atoms in total. The van der Waals surface area contributed by atoms with Crippen molar-refractivity contribution in [2.24, 2.45) is 0 Å². The molecule has 266 valence electrons. The quantitative estimate of drug-likeness (QED) is 0.0868. The highest BCUT2D eigenvalue weighted by atomic mass is 79.9. The maximum atomic E-state index is 5.22. The highest BCUT2D eigenvalue weighted by Gasteiger charge is 2.42. The summed E-state index contributed by atoms with van der Waals surface area (Å²) >= 11 is 3.90. The van der Waals surface area contributed by atoms with Crippen molar-refractivity contribution < 1.29 is 0 Å². The van der Waals surface area contributed by atoms with Crippen LogP contribution in [-0.4, -0.2) is 9.97 Å². The van der Waals surface area contributed by atoms with Crippen molar-refractivity contribution in [2.45, 2.75) is 109 Å². The standard InChI is InChI=1S/C49H53BrN2/c1-3-5-7-9-11-18-28-49(29-19-12-10-8-6-4-2)44-30-38(24-26-42(44)43-27-25-41(50)34-45(43)49)40-32-46(36-20-14-13-15-21-36)52-48(33-40)47-31-37-22-16-17-23-39(37)35-51-47/h13-17,20-27,30-35H,3-12,18-19,28-29H2,1-2H3. The van der Waals surface area contributed by atoms with Gasteiger partial charge in [-0.1, -0.05) is 180 Å². The van der Waals surface area contributed by atoms with Crippen LogP contribution in [0.4, 0.5) is 0 Å². The summed E-state index contributed by atoms with van der Waals surface area (Å²) in [5.74, 6) is 0. The molecule has 0 bridgehead atoms. The fourth-order valence-corrected chi connectivity index (χ4v) is 8.89. The number of hydrogen-bond acceptors (Lipinski definition) is 2. The molecule has 0 unspecified atom stereocenters. The van der Waals surface area contributed by atoms with Crippen LogP contribution in [0.3, 0.4) is 0 Å². The average molecular weight is 750 g/mol. The minimum absolute atomic E-state index is 0.0119. The Morgan fingerprint density at radius 2 is 1.08 bits per heavy atom. The fourth-order valence-electron chi connectivity index (χ4n) is 8.53. The van der Waals surface area contributed by atoms with Gasteiger partial charge >= 0.3 is 0 Å². The molecule has 0 fully saturated rings. The van der Waals surface area contributed by atoms with Crippen LogP contribution in [0, 0.1) is 0 Å². The lowest BCUT2D eigenvalue weighted by Gasteiger charge is -2.33. The van der Waals surface area contributed by atoms with E-state index in [0.29, 0.717) is 0 Å². The van der Waals surface area contributed by atoms with E-state index in [4.69, 9.17) is 9.97 Å². The zero-order valence-electron chi connectivity index (χ0n) is 31.1. The molecule has 0 radical (unpaired) electrons. The third-order valence-electron chi connectivity index (χ3n) is 11.4. The normalized spacial score (nSPS) is 13.0. The van der Waals surface area contributed by atoms with E-state index in [-0.39, 0.29) is 5.41 Å². The monoisotopic (exact) mass is 748 g/mol. The van der Waals surface area contributed by atoms with Crippen LogP contribution in [0.2, 0.25) is 0 Å². The van der Waals surface area contributed by atoms with Crippen LogP contribution in [0.15, 0.2) is 120 Å². The number of benzene rings is 4. The predicted octanol–water partition coefficient (Wildman–Crippen LogP) is 15.2. The molecule has 0 spiro atoms. The molecule has 0 atom stereocenters. The number of aromatic nitrogens is 2. The van der Waals surface area contributed by atoms with Crippen LogP contribution < -0.4 is 0 Å². The van der Waals surface area contributed by atoms with Gasteiger partial charge in [0.25, 0.3) is 0 Å². The van der Waals surface area contributed by atoms with Crippen molar-refractivity contribution in [1.82, 2.24) is 9.97 Å². The molecule has 2 aromatic heterocycles. The summed E-state index contributed by atoms with van der Waals surface area (Å²) in [5, 5.41) is 2.32. The van der Waals surface area contributed by atoms with E-state index in [1.165, 1.54) is 133 Å². The molecule has 1 aliphatic rings. The molecule has 0 N–H and O–H groups in total. The van der Waals surface area contributed by atoms with Crippen LogP contribution in [0.1, 0.15) is 115 Å². The number of hydrogen-bond donors (Lipinski definition) is 0. The Morgan fingerprint density at radius 1 is 0.481 bits per heavy atom. The average Bonchev–Trinajstić information content (AvgIpc) is 3.45. The van der Waals surface area contributed by atoms with Gasteiger partial charge in [0.2, 0.25) is 0 Å². The third kappa shape index (κ3) is 7.96. The van der Waals surface area contributed by atoms with Crippen molar-refractivity contribution in [3.63, 3.8) is 0 Å². The second-order valence-electron chi connectivity index (χ2n) is 15.0. The number of fused-ring (bicyclic) bond motifs is 4. The van der Waals surface area contributed by atoms with Crippen LogP contribution in [0.5, 0.6) is 0 Å². The number of halogens is 1. The van der Waals surface area contributed by atoms with Crippen molar-refractivity contribution >= 4 is 26.7 Å². The van der Waals surface area contributed by atoms with E-state index in [1.54, 1.807) is 0 Å². The number of pyridine rings is 2. The van der Waals surface area contributed by atoms with E-state index < -0.39 is 0 Å². The Morgan fingerprint density at radius 3 is 1.79 bits per heavy atom. The van der Waals surface area contributed by atoms with Gasteiger partial charge < -0.3 is 0 Å². The molecule has 6 aromatic rings. The molecular formula is C49H53BrN2. The molecule has 2 heterocycles. The van der Waals surface area contributed by atoms with Crippen LogP contribution >= 0.6 is 15.9 Å². The first-order valence-corrected chi connectivity index (χ1v) is 20.8. The number of nitrogens with zero attached hydrogens (tertiary/aromatic N) is 2. The van der Waals surface area contributed by atoms with E-state index in [0.717, 1.165) is 28.0 Å². The van der Waals surface area contributed by atoms with E-state index in [1.807, 2.05) is 6.20 Å². The van der Waals surface area contributed by atoms with E-state index >= 15 is 0 Å². The van der Waals surface area contributed by atoms with Gasteiger partial charge in [-0.25, -0.2) is 4.98 Å². The van der Waals surface area contributed by atoms with Gasteiger partial charge in [-0.3, -0.25) is 4.98 Å². The van der Waals surface area contributed by atoms with Crippen LogP contribution in [0.25, 0.3) is 55.7 Å². The summed E-state index contributed by atoms with van der Waals surface area (Å²) in [7, 11) is 0. The number of rotatable bonds is 17. The van der Waals surface area contributed by atoms with Gasteiger partial charge in [0.05, 0.1) is 17.1 Å². The molecule has 0 aliphatic heterocycles. The SMILES string of the molecule is CCCCCCCCC1(CCCCCCCC)c2cc(Br)ccc2-c2ccc(-c3cc(-c4ccccc4)nc(-c4cc5ccccc5cn4)c3)cc21. The molecular weight excluding hydrogens is 696 g/mol. The molecule has 3 heteroatoms. The zero-order valence-corrected chi connectivity index (χ0v) is 32.7. The predicted molar refractivity (Wildman–Crippen MR) is 226 cm³/mol. The molecule has 52 heavy (non-hydrogen) atoms. The highest BCUT2D eigenvalue weighted by Crippen LogP contribution is 2.55. The van der Waals surface area contributed by atoms with Crippen LogP contribution in [-0.2, 0) is 5.41 Å². The minimum atomic E-state index is 0.0119. The molecule has 7 rings (SSSR count). The van der Waals surface area contributed by atoms with Crippen molar-refractivity contribution in [3.05, 3.63) is 131 Å². The Kier molecular flexibility index (Phi) is 12.0. The lowest BCUT2D eigenvalue weighted by atomic mass is 9.70. The van der Waals surface area contributed by atoms with Gasteiger partial charge in [-0.05, 0) is 88.0 Å². The van der Waals surface area contributed by atoms with Gasteiger partial charge in [0, 0.05) is 27.0 Å². The lowest BCUT2D eigenvalue weighted by molar-refractivity contribution is 0.398. The Labute approximate surface area is 320 Å². The second-order valence-corrected chi connectivity index (χ2v) is 15.9. The molecule has 0 saturated carbocycles. The molecule has 0 saturated heterocycles. The van der Waals surface area contributed by atoms with Gasteiger partial charge in [-0.15, -0.1) is 0 Å². The zero-order chi connectivity index (χ0) is 35.8. The third-order valence-corrected chi connectivity index (χ3v) is 11.9. The molecule has 1 aliphatic carbocycles. The van der Waals surface area contributed by atoms with Gasteiger partial charge in [0.15, 0.2) is 0 Å². The first kappa shape index (κ1) is 36.3. The Balaban J connectivity index is 1.32. The summed E-state index contributed by atoms with van der Waals surface area (Å²) in [5.41, 5.74) is 12.2. The fraction of sp³-hybridized carbons (Fsp3) is 0.347. The van der Waals surface area contributed by atoms with Crippen molar-refractivity contribution in [2.75, 3.05) is 0 Å². The van der Waals surface area contributed by atoms with Gasteiger partial charge in [-0.2, -0.15) is 0 Å². The Bertz CT molecular complexity index is 2080. The number of unbranched alkanes of at least 4 members (excludes halogenated alkanes) is 10. The summed E-state index contributed by atoms with van der Waals surface area (Å²) < 4.78 is 1.18. The topological polar surface area (TPSA) is 25.8 Å². The first-order valence-electron chi connectivity index (χ1n) is 20.0. The highest BCUT2D eigenvalue weighted by molar-refractivity contribution is 9.10. The summed E-state index contributed by atoms with van der Waals surface area (Å²) in [6.45, 7) is 4.62. The Hall–Kier alpha value is -4.08. The van der Waals surface area contributed by atoms with E-state index in [2.05, 4.69) is 139 Å². The second kappa shape index (κ2) is 17.2. The first-order chi connectivity index (χ1) is 25.6. The summed E-state index contributed by atoms with van der Waals surface area (Å²) in [4.78, 5) is 10.1. The largest absolute Gasteiger partial charge is 0.254 e. The van der Waals surface area contributed by atoms with Crippen molar-refractivity contribution in [1.29, 1.82) is 0 Å². The molecule has 0 amide bonds. The minimum Gasteiger partial charge on any atom is -0.254 e. The maximum Gasteiger partial charge on any atom is 0.0900 e.